The fourth-order valence-corrected chi connectivity index (χ4v) is 3.06. The van der Waals surface area contributed by atoms with E-state index >= 15 is 0 Å². The van der Waals surface area contributed by atoms with E-state index in [1.807, 2.05) is 6.07 Å². The van der Waals surface area contributed by atoms with Crippen LogP contribution in [-0.2, 0) is 6.42 Å². The minimum atomic E-state index is 0.159. The van der Waals surface area contributed by atoms with Crippen molar-refractivity contribution in [3.8, 4) is 0 Å². The van der Waals surface area contributed by atoms with Crippen LogP contribution in [0, 0.1) is 5.92 Å². The van der Waals surface area contributed by atoms with Gasteiger partial charge in [-0.15, -0.1) is 10.2 Å². The second-order valence-electron chi connectivity index (χ2n) is 5.37. The molecule has 108 valence electrons. The summed E-state index contributed by atoms with van der Waals surface area (Å²) in [6.45, 7) is 7.53. The highest BCUT2D eigenvalue weighted by atomic mass is 32.1. The second-order valence-corrected chi connectivity index (χ2v) is 6.46. The van der Waals surface area contributed by atoms with Crippen molar-refractivity contribution < 1.29 is 0 Å². The maximum Gasteiger partial charge on any atom is 0.139 e. The molecule has 0 bridgehead atoms. The van der Waals surface area contributed by atoms with Crippen LogP contribution in [-0.4, -0.2) is 16.7 Å². The molecule has 0 amide bonds. The molecule has 1 heterocycles. The smallest absolute Gasteiger partial charge is 0.139 e. The molecule has 0 saturated heterocycles. The van der Waals surface area contributed by atoms with Crippen molar-refractivity contribution in [2.45, 2.75) is 39.7 Å². The summed E-state index contributed by atoms with van der Waals surface area (Å²) in [5.41, 5.74) is 1.25. The van der Waals surface area contributed by atoms with E-state index in [1.165, 1.54) is 12.0 Å². The van der Waals surface area contributed by atoms with E-state index in [0.717, 1.165) is 23.0 Å². The molecule has 1 aromatic carbocycles. The van der Waals surface area contributed by atoms with Gasteiger partial charge >= 0.3 is 0 Å². The van der Waals surface area contributed by atoms with Crippen LogP contribution < -0.4 is 5.32 Å². The van der Waals surface area contributed by atoms with Crippen LogP contribution in [0.15, 0.2) is 30.3 Å². The molecule has 0 aliphatic heterocycles. The molecular formula is C16H23N3S. The Bertz CT molecular complexity index is 507. The summed E-state index contributed by atoms with van der Waals surface area (Å²) in [7, 11) is 0. The molecule has 0 fully saturated rings. The van der Waals surface area contributed by atoms with E-state index in [4.69, 9.17) is 0 Å². The van der Waals surface area contributed by atoms with Gasteiger partial charge in [0.2, 0.25) is 0 Å². The molecular weight excluding hydrogens is 266 g/mol. The predicted octanol–water partition coefficient (Wildman–Crippen LogP) is 3.83. The first kappa shape index (κ1) is 15.1. The van der Waals surface area contributed by atoms with Crippen LogP contribution in [0.1, 0.15) is 48.8 Å². The number of nitrogens with zero attached hydrogens (tertiary/aromatic N) is 2. The van der Waals surface area contributed by atoms with Gasteiger partial charge in [-0.05, 0) is 24.4 Å². The number of hydrogen-bond donors (Lipinski definition) is 1. The van der Waals surface area contributed by atoms with Gasteiger partial charge in [0, 0.05) is 6.42 Å². The molecule has 1 atom stereocenters. The zero-order chi connectivity index (χ0) is 14.4. The van der Waals surface area contributed by atoms with Crippen molar-refractivity contribution in [2.24, 2.45) is 5.92 Å². The standard InChI is InChI=1S/C16H23N3S/c1-4-17-15(13-8-6-5-7-9-13)16-19-18-14(20-16)11-10-12(2)3/h5-9,12,15,17H,4,10-11H2,1-3H3. The van der Waals surface area contributed by atoms with Crippen molar-refractivity contribution in [1.82, 2.24) is 15.5 Å². The molecule has 2 aromatic rings. The van der Waals surface area contributed by atoms with E-state index in [1.54, 1.807) is 11.3 Å². The number of hydrogen-bond acceptors (Lipinski definition) is 4. The van der Waals surface area contributed by atoms with Crippen molar-refractivity contribution in [3.63, 3.8) is 0 Å². The molecule has 0 saturated carbocycles. The lowest BCUT2D eigenvalue weighted by Crippen LogP contribution is -2.21. The van der Waals surface area contributed by atoms with Crippen molar-refractivity contribution in [2.75, 3.05) is 6.54 Å². The Morgan fingerprint density at radius 2 is 1.90 bits per heavy atom. The summed E-state index contributed by atoms with van der Waals surface area (Å²) in [6, 6.07) is 10.6. The minimum absolute atomic E-state index is 0.159. The molecule has 20 heavy (non-hydrogen) atoms. The summed E-state index contributed by atoms with van der Waals surface area (Å²) in [4.78, 5) is 0. The predicted molar refractivity (Wildman–Crippen MR) is 85.0 cm³/mol. The van der Waals surface area contributed by atoms with Gasteiger partial charge in [0.1, 0.15) is 10.0 Å². The maximum atomic E-state index is 4.40. The first-order valence-electron chi connectivity index (χ1n) is 7.31. The third kappa shape index (κ3) is 4.12. The Morgan fingerprint density at radius 1 is 1.15 bits per heavy atom. The Hall–Kier alpha value is -1.26. The monoisotopic (exact) mass is 289 g/mol. The Morgan fingerprint density at radius 3 is 2.55 bits per heavy atom. The third-order valence-electron chi connectivity index (χ3n) is 3.21. The van der Waals surface area contributed by atoms with Gasteiger partial charge in [0.05, 0.1) is 6.04 Å². The first-order chi connectivity index (χ1) is 9.70. The summed E-state index contributed by atoms with van der Waals surface area (Å²) in [6.07, 6.45) is 2.20. The number of rotatable bonds is 7. The number of aromatic nitrogens is 2. The van der Waals surface area contributed by atoms with Gasteiger partial charge in [-0.3, -0.25) is 0 Å². The number of benzene rings is 1. The van der Waals surface area contributed by atoms with E-state index in [0.29, 0.717) is 5.92 Å². The highest BCUT2D eigenvalue weighted by Gasteiger charge is 2.17. The highest BCUT2D eigenvalue weighted by molar-refractivity contribution is 7.11. The van der Waals surface area contributed by atoms with Crippen LogP contribution in [0.2, 0.25) is 0 Å². The molecule has 2 rings (SSSR count). The highest BCUT2D eigenvalue weighted by Crippen LogP contribution is 2.25. The lowest BCUT2D eigenvalue weighted by molar-refractivity contribution is 0.583. The molecule has 1 N–H and O–H groups in total. The number of aryl methyl sites for hydroxylation is 1. The fraction of sp³-hybridized carbons (Fsp3) is 0.500. The molecule has 4 heteroatoms. The van der Waals surface area contributed by atoms with Gasteiger partial charge in [0.15, 0.2) is 0 Å². The van der Waals surface area contributed by atoms with Gasteiger partial charge in [-0.25, -0.2) is 0 Å². The molecule has 0 spiro atoms. The lowest BCUT2D eigenvalue weighted by Gasteiger charge is -2.14. The second kappa shape index (κ2) is 7.50. The van der Waals surface area contributed by atoms with Gasteiger partial charge in [0.25, 0.3) is 0 Å². The van der Waals surface area contributed by atoms with Gasteiger partial charge in [-0.2, -0.15) is 0 Å². The van der Waals surface area contributed by atoms with Gasteiger partial charge in [-0.1, -0.05) is 62.4 Å². The Labute approximate surface area is 125 Å². The van der Waals surface area contributed by atoms with E-state index in [9.17, 15) is 0 Å². The summed E-state index contributed by atoms with van der Waals surface area (Å²) in [5.74, 6) is 0.709. The summed E-state index contributed by atoms with van der Waals surface area (Å²) in [5, 5.41) is 14.5. The van der Waals surface area contributed by atoms with E-state index in [-0.39, 0.29) is 6.04 Å². The van der Waals surface area contributed by atoms with E-state index in [2.05, 4.69) is 60.6 Å². The SMILES string of the molecule is CCNC(c1ccccc1)c1nnc(CCC(C)C)s1. The van der Waals surface area contributed by atoms with Crippen LogP contribution >= 0.6 is 11.3 Å². The molecule has 0 aliphatic carbocycles. The Balaban J connectivity index is 2.14. The Kier molecular flexibility index (Phi) is 5.68. The molecule has 3 nitrogen and oxygen atoms in total. The summed E-state index contributed by atoms with van der Waals surface area (Å²) >= 11 is 1.73. The van der Waals surface area contributed by atoms with Crippen LogP contribution in [0.4, 0.5) is 0 Å². The van der Waals surface area contributed by atoms with E-state index < -0.39 is 0 Å². The largest absolute Gasteiger partial charge is 0.304 e. The average Bonchev–Trinajstić information content (AvgIpc) is 2.92. The van der Waals surface area contributed by atoms with Crippen molar-refractivity contribution >= 4 is 11.3 Å². The first-order valence-corrected chi connectivity index (χ1v) is 8.13. The lowest BCUT2D eigenvalue weighted by atomic mass is 10.1. The molecule has 1 unspecified atom stereocenters. The zero-order valence-corrected chi connectivity index (χ0v) is 13.3. The fourth-order valence-electron chi connectivity index (χ4n) is 2.09. The van der Waals surface area contributed by atoms with Crippen molar-refractivity contribution in [1.29, 1.82) is 0 Å². The van der Waals surface area contributed by atoms with Gasteiger partial charge < -0.3 is 5.32 Å². The van der Waals surface area contributed by atoms with Crippen LogP contribution in [0.5, 0.6) is 0 Å². The normalized spacial score (nSPS) is 12.8. The van der Waals surface area contributed by atoms with Crippen LogP contribution in [0.25, 0.3) is 0 Å². The average molecular weight is 289 g/mol. The van der Waals surface area contributed by atoms with Crippen LogP contribution in [0.3, 0.4) is 0 Å². The zero-order valence-electron chi connectivity index (χ0n) is 12.5. The quantitative estimate of drug-likeness (QED) is 0.842. The molecule has 1 aromatic heterocycles. The summed E-state index contributed by atoms with van der Waals surface area (Å²) < 4.78 is 0. The van der Waals surface area contributed by atoms with Crippen molar-refractivity contribution in [3.05, 3.63) is 45.9 Å². The molecule has 0 radical (unpaired) electrons. The molecule has 0 aliphatic rings. The maximum absolute atomic E-state index is 4.40. The number of nitrogens with one attached hydrogen (secondary N) is 1. The third-order valence-corrected chi connectivity index (χ3v) is 4.25. The topological polar surface area (TPSA) is 37.8 Å². The minimum Gasteiger partial charge on any atom is -0.304 e.